The second-order valence-electron chi connectivity index (χ2n) is 4.41. The van der Waals surface area contributed by atoms with Crippen LogP contribution in [0.4, 0.5) is 0 Å². The Labute approximate surface area is 142 Å². The Morgan fingerprint density at radius 1 is 0.773 bits per heavy atom. The van der Waals surface area contributed by atoms with Crippen molar-refractivity contribution in [1.29, 1.82) is 0 Å². The lowest BCUT2D eigenvalue weighted by Crippen LogP contribution is -2.15. The van der Waals surface area contributed by atoms with E-state index >= 15 is 0 Å². The first-order valence-electron chi connectivity index (χ1n) is 6.76. The van der Waals surface area contributed by atoms with Crippen molar-refractivity contribution in [2.75, 3.05) is 24.7 Å². The zero-order valence-electron chi connectivity index (χ0n) is 11.8. The number of rotatable bonds is 8. The summed E-state index contributed by atoms with van der Waals surface area (Å²) in [7, 11) is -1.02. The summed E-state index contributed by atoms with van der Waals surface area (Å²) in [6.45, 7) is 0.699. The van der Waals surface area contributed by atoms with Gasteiger partial charge in [0.05, 0.1) is 34.8 Å². The molecule has 6 heteroatoms. The molecule has 22 heavy (non-hydrogen) atoms. The van der Waals surface area contributed by atoms with E-state index in [4.69, 9.17) is 32.7 Å². The zero-order chi connectivity index (χ0) is 15.8. The summed E-state index contributed by atoms with van der Waals surface area (Å²) in [5.74, 6) is 2.07. The van der Waals surface area contributed by atoms with Crippen LogP contribution in [0.2, 0.25) is 10.0 Å². The molecule has 0 atom stereocenters. The van der Waals surface area contributed by atoms with Gasteiger partial charge in [0, 0.05) is 10.8 Å². The van der Waals surface area contributed by atoms with Crippen molar-refractivity contribution < 1.29 is 13.7 Å². The highest BCUT2D eigenvalue weighted by molar-refractivity contribution is 7.85. The van der Waals surface area contributed by atoms with Gasteiger partial charge in [0.2, 0.25) is 0 Å². The minimum absolute atomic E-state index is 0.350. The summed E-state index contributed by atoms with van der Waals surface area (Å²) >= 11 is 11.9. The van der Waals surface area contributed by atoms with E-state index in [1.165, 1.54) is 0 Å². The largest absolute Gasteiger partial charge is 0.491 e. The molecule has 0 aliphatic rings. The minimum Gasteiger partial charge on any atom is -0.491 e. The minimum atomic E-state index is -1.02. The topological polar surface area (TPSA) is 35.5 Å². The lowest BCUT2D eigenvalue weighted by atomic mass is 10.3. The molecule has 0 fully saturated rings. The van der Waals surface area contributed by atoms with Crippen molar-refractivity contribution in [3.8, 4) is 11.5 Å². The Bertz CT molecular complexity index is 581. The van der Waals surface area contributed by atoms with Crippen LogP contribution in [0.1, 0.15) is 0 Å². The molecule has 0 spiro atoms. The SMILES string of the molecule is O=S(CCOc1ccccc1Cl)CCOc1ccccc1Cl. The lowest BCUT2D eigenvalue weighted by molar-refractivity contribution is 0.337. The third kappa shape index (κ3) is 5.52. The van der Waals surface area contributed by atoms with E-state index in [2.05, 4.69) is 0 Å². The fourth-order valence-corrected chi connectivity index (χ4v) is 2.84. The lowest BCUT2D eigenvalue weighted by Gasteiger charge is -2.09. The fraction of sp³-hybridized carbons (Fsp3) is 0.250. The zero-order valence-corrected chi connectivity index (χ0v) is 14.2. The normalized spacial score (nSPS) is 10.7. The molecular weight excluding hydrogens is 343 g/mol. The van der Waals surface area contributed by atoms with Crippen molar-refractivity contribution in [3.63, 3.8) is 0 Å². The summed E-state index contributed by atoms with van der Waals surface area (Å²) < 4.78 is 22.9. The molecule has 0 bridgehead atoms. The van der Waals surface area contributed by atoms with Crippen LogP contribution < -0.4 is 9.47 Å². The average Bonchev–Trinajstić information content (AvgIpc) is 2.51. The quantitative estimate of drug-likeness (QED) is 0.709. The molecule has 0 aliphatic heterocycles. The van der Waals surface area contributed by atoms with Crippen LogP contribution in [-0.4, -0.2) is 28.9 Å². The first kappa shape index (κ1) is 17.1. The summed E-state index contributed by atoms with van der Waals surface area (Å²) in [6.07, 6.45) is 0. The predicted octanol–water partition coefficient (Wildman–Crippen LogP) is 4.20. The van der Waals surface area contributed by atoms with Crippen molar-refractivity contribution >= 4 is 34.0 Å². The first-order chi connectivity index (χ1) is 10.7. The average molecular weight is 359 g/mol. The van der Waals surface area contributed by atoms with Gasteiger partial charge in [0.15, 0.2) is 0 Å². The molecule has 0 aliphatic carbocycles. The smallest absolute Gasteiger partial charge is 0.137 e. The Balaban J connectivity index is 1.66. The predicted molar refractivity (Wildman–Crippen MR) is 91.8 cm³/mol. The molecule has 2 rings (SSSR count). The molecule has 118 valence electrons. The highest BCUT2D eigenvalue weighted by atomic mass is 35.5. The molecular formula is C16H16Cl2O3S. The maximum absolute atomic E-state index is 11.9. The number of halogens is 2. The number of para-hydroxylation sites is 2. The van der Waals surface area contributed by atoms with Gasteiger partial charge >= 0.3 is 0 Å². The van der Waals surface area contributed by atoms with Crippen molar-refractivity contribution in [3.05, 3.63) is 58.6 Å². The molecule has 2 aromatic carbocycles. The number of hydrogen-bond donors (Lipinski definition) is 0. The molecule has 0 saturated carbocycles. The van der Waals surface area contributed by atoms with Crippen LogP contribution in [0.15, 0.2) is 48.5 Å². The molecule has 0 aromatic heterocycles. The first-order valence-corrected chi connectivity index (χ1v) is 9.01. The second-order valence-corrected chi connectivity index (χ2v) is 6.92. The van der Waals surface area contributed by atoms with E-state index in [0.29, 0.717) is 46.3 Å². The summed E-state index contributed by atoms with van der Waals surface area (Å²) in [5, 5.41) is 1.10. The Hall–Kier alpha value is -1.23. The molecule has 0 N–H and O–H groups in total. The van der Waals surface area contributed by atoms with Crippen LogP contribution in [0.25, 0.3) is 0 Å². The number of hydrogen-bond acceptors (Lipinski definition) is 3. The molecule has 0 saturated heterocycles. The van der Waals surface area contributed by atoms with Gasteiger partial charge in [-0.2, -0.15) is 0 Å². The van der Waals surface area contributed by atoms with E-state index in [1.54, 1.807) is 24.3 Å². The second kappa shape index (κ2) is 9.03. The van der Waals surface area contributed by atoms with Crippen molar-refractivity contribution in [2.45, 2.75) is 0 Å². The maximum Gasteiger partial charge on any atom is 0.137 e. The van der Waals surface area contributed by atoms with Crippen molar-refractivity contribution in [1.82, 2.24) is 0 Å². The van der Waals surface area contributed by atoms with Crippen molar-refractivity contribution in [2.24, 2.45) is 0 Å². The molecule has 0 radical (unpaired) electrons. The van der Waals surface area contributed by atoms with Gasteiger partial charge in [-0.3, -0.25) is 4.21 Å². The van der Waals surface area contributed by atoms with E-state index in [1.807, 2.05) is 24.3 Å². The fourth-order valence-electron chi connectivity index (χ4n) is 1.71. The van der Waals surface area contributed by atoms with Gasteiger partial charge in [0.1, 0.15) is 11.5 Å². The Morgan fingerprint density at radius 2 is 1.18 bits per heavy atom. The number of benzene rings is 2. The summed E-state index contributed by atoms with van der Waals surface area (Å²) in [4.78, 5) is 0. The van der Waals surface area contributed by atoms with Crippen LogP contribution in [0.3, 0.4) is 0 Å². The van der Waals surface area contributed by atoms with Gasteiger partial charge in [0.25, 0.3) is 0 Å². The van der Waals surface area contributed by atoms with Crippen LogP contribution >= 0.6 is 23.2 Å². The van der Waals surface area contributed by atoms with Gasteiger partial charge in [-0.25, -0.2) is 0 Å². The van der Waals surface area contributed by atoms with Gasteiger partial charge in [-0.05, 0) is 24.3 Å². The Kier molecular flexibility index (Phi) is 7.03. The third-order valence-electron chi connectivity index (χ3n) is 2.81. The molecule has 3 nitrogen and oxygen atoms in total. The molecule has 0 unspecified atom stereocenters. The maximum atomic E-state index is 11.9. The van der Waals surface area contributed by atoms with Crippen LogP contribution in [-0.2, 0) is 10.8 Å². The monoisotopic (exact) mass is 358 g/mol. The molecule has 0 amide bonds. The standard InChI is InChI=1S/C16H16Cl2O3S/c17-13-5-1-3-7-15(13)20-9-11-22(19)12-10-21-16-8-4-2-6-14(16)18/h1-8H,9-12H2. The van der Waals surface area contributed by atoms with Crippen LogP contribution in [0.5, 0.6) is 11.5 Å². The van der Waals surface area contributed by atoms with Gasteiger partial charge in [-0.1, -0.05) is 47.5 Å². The highest BCUT2D eigenvalue weighted by Gasteiger charge is 2.05. The van der Waals surface area contributed by atoms with E-state index < -0.39 is 10.8 Å². The van der Waals surface area contributed by atoms with Crippen LogP contribution in [0, 0.1) is 0 Å². The Morgan fingerprint density at radius 3 is 1.59 bits per heavy atom. The number of ether oxygens (including phenoxy) is 2. The molecule has 0 heterocycles. The highest BCUT2D eigenvalue weighted by Crippen LogP contribution is 2.23. The van der Waals surface area contributed by atoms with E-state index in [9.17, 15) is 4.21 Å². The van der Waals surface area contributed by atoms with Gasteiger partial charge in [-0.15, -0.1) is 0 Å². The van der Waals surface area contributed by atoms with E-state index in [-0.39, 0.29) is 0 Å². The summed E-state index contributed by atoms with van der Waals surface area (Å²) in [5.41, 5.74) is 0. The van der Waals surface area contributed by atoms with E-state index in [0.717, 1.165) is 0 Å². The third-order valence-corrected chi connectivity index (χ3v) is 4.68. The molecule has 2 aromatic rings. The van der Waals surface area contributed by atoms with Gasteiger partial charge < -0.3 is 9.47 Å². The summed E-state index contributed by atoms with van der Waals surface area (Å²) in [6, 6.07) is 14.4.